The number of benzene rings is 2. The zero-order chi connectivity index (χ0) is 20.9. The number of aromatic nitrogens is 1. The number of hydrogen-bond acceptors (Lipinski definition) is 3. The van der Waals surface area contributed by atoms with Crippen molar-refractivity contribution in [2.45, 2.75) is 51.7 Å². The number of likely N-dealkylation sites (tertiary alicyclic amines) is 1. The van der Waals surface area contributed by atoms with Crippen molar-refractivity contribution in [2.24, 2.45) is 0 Å². The van der Waals surface area contributed by atoms with E-state index < -0.39 is 0 Å². The highest BCUT2D eigenvalue weighted by atomic mass is 16.2. The quantitative estimate of drug-likeness (QED) is 0.659. The maximum atomic E-state index is 12.6. The molecule has 2 N–H and O–H groups in total. The Bertz CT molecular complexity index is 1090. The van der Waals surface area contributed by atoms with E-state index in [1.54, 1.807) is 6.07 Å². The van der Waals surface area contributed by atoms with E-state index in [0.717, 1.165) is 29.6 Å². The second kappa shape index (κ2) is 9.26. The zero-order valence-electron chi connectivity index (χ0n) is 17.5. The molecule has 1 aliphatic heterocycles. The van der Waals surface area contributed by atoms with Crippen molar-refractivity contribution < 1.29 is 4.79 Å². The van der Waals surface area contributed by atoms with Gasteiger partial charge in [-0.15, -0.1) is 0 Å². The van der Waals surface area contributed by atoms with Gasteiger partial charge in [-0.25, -0.2) is 0 Å². The van der Waals surface area contributed by atoms with E-state index in [2.05, 4.69) is 40.3 Å². The maximum Gasteiger partial charge on any atom is 0.252 e. The lowest BCUT2D eigenvalue weighted by atomic mass is 10.0. The summed E-state index contributed by atoms with van der Waals surface area (Å²) in [6, 6.07) is 18.3. The molecule has 5 heteroatoms. The standard InChI is InChI=1S/C25H29N3O2/c1-18-8-6-7-13-28(18)17-21-11-3-2-10-20(21)16-26-24(29)15-22-14-19-9-4-5-12-23(19)27-25(22)30/h2-5,9-12,14,18H,6-8,13,15-17H2,1H3,(H,26,29)(H,27,30)/t18-/m0/s1. The van der Waals surface area contributed by atoms with Crippen LogP contribution in [0.1, 0.15) is 42.9 Å². The number of piperidine rings is 1. The second-order valence-corrected chi connectivity index (χ2v) is 8.25. The number of aromatic amines is 1. The van der Waals surface area contributed by atoms with Gasteiger partial charge < -0.3 is 10.3 Å². The number of pyridine rings is 1. The minimum absolute atomic E-state index is 0.0749. The van der Waals surface area contributed by atoms with E-state index in [-0.39, 0.29) is 17.9 Å². The van der Waals surface area contributed by atoms with Crippen molar-refractivity contribution in [3.05, 3.63) is 81.6 Å². The van der Waals surface area contributed by atoms with E-state index in [0.29, 0.717) is 18.2 Å². The molecule has 1 saturated heterocycles. The lowest BCUT2D eigenvalue weighted by Crippen LogP contribution is -2.37. The third-order valence-corrected chi connectivity index (χ3v) is 6.09. The summed E-state index contributed by atoms with van der Waals surface area (Å²) in [4.78, 5) is 30.2. The van der Waals surface area contributed by atoms with Crippen molar-refractivity contribution in [3.63, 3.8) is 0 Å². The number of carbonyl (C=O) groups is 1. The van der Waals surface area contributed by atoms with Crippen LogP contribution in [0.2, 0.25) is 0 Å². The number of amides is 1. The van der Waals surface area contributed by atoms with Gasteiger partial charge in [-0.2, -0.15) is 0 Å². The molecule has 1 fully saturated rings. The van der Waals surface area contributed by atoms with Gasteiger partial charge in [0.1, 0.15) is 0 Å². The number of para-hydroxylation sites is 1. The molecule has 0 unspecified atom stereocenters. The van der Waals surface area contributed by atoms with Crippen molar-refractivity contribution in [3.8, 4) is 0 Å². The molecule has 0 saturated carbocycles. The summed E-state index contributed by atoms with van der Waals surface area (Å²) in [5.41, 5.74) is 3.46. The number of rotatable bonds is 6. The Morgan fingerprint density at radius 3 is 2.67 bits per heavy atom. The number of nitrogens with zero attached hydrogens (tertiary/aromatic N) is 1. The Hall–Kier alpha value is -2.92. The molecule has 156 valence electrons. The zero-order valence-corrected chi connectivity index (χ0v) is 17.5. The lowest BCUT2D eigenvalue weighted by Gasteiger charge is -2.33. The molecule has 4 rings (SSSR count). The van der Waals surface area contributed by atoms with Gasteiger partial charge in [-0.1, -0.05) is 48.9 Å². The third kappa shape index (κ3) is 4.79. The highest BCUT2D eigenvalue weighted by Crippen LogP contribution is 2.21. The molecule has 0 aliphatic carbocycles. The monoisotopic (exact) mass is 403 g/mol. The first kappa shape index (κ1) is 20.4. The summed E-state index contributed by atoms with van der Waals surface area (Å²) in [5, 5.41) is 3.93. The summed E-state index contributed by atoms with van der Waals surface area (Å²) in [5.74, 6) is -0.142. The van der Waals surface area contributed by atoms with Gasteiger partial charge >= 0.3 is 0 Å². The predicted octanol–water partition coefficient (Wildman–Crippen LogP) is 3.76. The maximum absolute atomic E-state index is 12.6. The lowest BCUT2D eigenvalue weighted by molar-refractivity contribution is -0.120. The number of hydrogen-bond donors (Lipinski definition) is 2. The smallest absolute Gasteiger partial charge is 0.252 e. The fraction of sp³-hybridized carbons (Fsp3) is 0.360. The third-order valence-electron chi connectivity index (χ3n) is 6.09. The molecule has 2 heterocycles. The second-order valence-electron chi connectivity index (χ2n) is 8.25. The average molecular weight is 404 g/mol. The van der Waals surface area contributed by atoms with E-state index in [1.165, 1.54) is 24.8 Å². The minimum atomic E-state index is -0.205. The molecule has 30 heavy (non-hydrogen) atoms. The van der Waals surface area contributed by atoms with Gasteiger partial charge in [0.05, 0.1) is 6.42 Å². The van der Waals surface area contributed by atoms with Crippen LogP contribution in [-0.4, -0.2) is 28.4 Å². The first-order valence-corrected chi connectivity index (χ1v) is 10.8. The van der Waals surface area contributed by atoms with Crippen LogP contribution >= 0.6 is 0 Å². The van der Waals surface area contributed by atoms with Crippen LogP contribution in [0, 0.1) is 0 Å². The summed E-state index contributed by atoms with van der Waals surface area (Å²) >= 11 is 0. The van der Waals surface area contributed by atoms with Crippen LogP contribution in [-0.2, 0) is 24.3 Å². The molecule has 5 nitrogen and oxygen atoms in total. The van der Waals surface area contributed by atoms with Crippen molar-refractivity contribution in [1.29, 1.82) is 0 Å². The number of fused-ring (bicyclic) bond motifs is 1. The van der Waals surface area contributed by atoms with Crippen molar-refractivity contribution >= 4 is 16.8 Å². The molecule has 1 aromatic heterocycles. The van der Waals surface area contributed by atoms with Gasteiger partial charge in [-0.3, -0.25) is 14.5 Å². The number of H-pyrrole nitrogens is 1. The van der Waals surface area contributed by atoms with Crippen LogP contribution in [0.15, 0.2) is 59.4 Å². The van der Waals surface area contributed by atoms with Gasteiger partial charge in [0.2, 0.25) is 5.91 Å². The van der Waals surface area contributed by atoms with Gasteiger partial charge in [0.15, 0.2) is 0 Å². The van der Waals surface area contributed by atoms with Gasteiger partial charge in [-0.05, 0) is 55.0 Å². The first-order chi connectivity index (χ1) is 14.6. The molecule has 0 bridgehead atoms. The summed E-state index contributed by atoms with van der Waals surface area (Å²) in [7, 11) is 0. The Morgan fingerprint density at radius 1 is 1.07 bits per heavy atom. The molecule has 0 spiro atoms. The first-order valence-electron chi connectivity index (χ1n) is 10.8. The average Bonchev–Trinajstić information content (AvgIpc) is 2.75. The Morgan fingerprint density at radius 2 is 1.83 bits per heavy atom. The molecular formula is C25H29N3O2. The summed E-state index contributed by atoms with van der Waals surface area (Å²) in [6.45, 7) is 4.82. The Balaban J connectivity index is 1.41. The molecule has 1 amide bonds. The minimum Gasteiger partial charge on any atom is -0.352 e. The fourth-order valence-electron chi connectivity index (χ4n) is 4.25. The summed E-state index contributed by atoms with van der Waals surface area (Å²) < 4.78 is 0. The van der Waals surface area contributed by atoms with Crippen LogP contribution in [0.5, 0.6) is 0 Å². The van der Waals surface area contributed by atoms with Crippen LogP contribution in [0.25, 0.3) is 10.9 Å². The van der Waals surface area contributed by atoms with Crippen LogP contribution in [0.3, 0.4) is 0 Å². The normalized spacial score (nSPS) is 17.2. The highest BCUT2D eigenvalue weighted by molar-refractivity contribution is 5.82. The molecular weight excluding hydrogens is 374 g/mol. The van der Waals surface area contributed by atoms with E-state index in [1.807, 2.05) is 30.3 Å². The fourth-order valence-corrected chi connectivity index (χ4v) is 4.25. The van der Waals surface area contributed by atoms with E-state index >= 15 is 0 Å². The van der Waals surface area contributed by atoms with E-state index in [4.69, 9.17) is 0 Å². The van der Waals surface area contributed by atoms with Crippen molar-refractivity contribution in [2.75, 3.05) is 6.54 Å². The Kier molecular flexibility index (Phi) is 6.29. The SMILES string of the molecule is C[C@H]1CCCCN1Cc1ccccc1CNC(=O)Cc1cc2ccccc2[nH]c1=O. The predicted molar refractivity (Wildman–Crippen MR) is 120 cm³/mol. The number of nitrogens with one attached hydrogen (secondary N) is 2. The number of carbonyl (C=O) groups excluding carboxylic acids is 1. The molecule has 1 aliphatic rings. The molecule has 2 aromatic carbocycles. The molecule has 1 atom stereocenters. The largest absolute Gasteiger partial charge is 0.352 e. The molecule has 3 aromatic rings. The summed E-state index contributed by atoms with van der Waals surface area (Å²) in [6.07, 6.45) is 3.89. The van der Waals surface area contributed by atoms with Gasteiger partial charge in [0, 0.05) is 30.2 Å². The van der Waals surface area contributed by atoms with Crippen LogP contribution < -0.4 is 10.9 Å². The molecule has 0 radical (unpaired) electrons. The van der Waals surface area contributed by atoms with Crippen molar-refractivity contribution in [1.82, 2.24) is 15.2 Å². The highest BCUT2D eigenvalue weighted by Gasteiger charge is 2.19. The Labute approximate surface area is 177 Å². The van der Waals surface area contributed by atoms with Crippen LogP contribution in [0.4, 0.5) is 0 Å². The topological polar surface area (TPSA) is 65.2 Å². The van der Waals surface area contributed by atoms with Gasteiger partial charge in [0.25, 0.3) is 5.56 Å². The van der Waals surface area contributed by atoms with E-state index in [9.17, 15) is 9.59 Å².